The molecule has 5 nitrogen and oxygen atoms in total. The van der Waals surface area contributed by atoms with E-state index in [0.717, 1.165) is 48.2 Å². The Morgan fingerprint density at radius 1 is 1.21 bits per heavy atom. The third-order valence-corrected chi connectivity index (χ3v) is 4.35. The molecule has 0 aliphatic heterocycles. The lowest BCUT2D eigenvalue weighted by Crippen LogP contribution is -2.23. The Kier molecular flexibility index (Phi) is 4.69. The number of benzene rings is 1. The molecular weight excluding hydrogens is 304 g/mol. The number of H-pyrrole nitrogens is 1. The maximum Gasteiger partial charge on any atom is 0.344 e. The number of aromatic nitrogens is 1. The van der Waals surface area contributed by atoms with Crippen molar-refractivity contribution in [1.29, 1.82) is 0 Å². The standard InChI is InChI=1S/C19H22N2O3/c1-21(2)15-8-5-6-13(10-15)12-24-19(23)16-11-14-7-3-4-9-17(14)20-18(16)22/h5-6,8,10-11H,3-4,7,9,12H2,1-2H3,(H,20,22). The van der Waals surface area contributed by atoms with Crippen LogP contribution in [0.2, 0.25) is 0 Å². The lowest BCUT2D eigenvalue weighted by Gasteiger charge is -2.16. The van der Waals surface area contributed by atoms with Gasteiger partial charge < -0.3 is 14.6 Å². The van der Waals surface area contributed by atoms with Gasteiger partial charge in [-0.3, -0.25) is 4.79 Å². The number of rotatable bonds is 4. The van der Waals surface area contributed by atoms with Crippen molar-refractivity contribution < 1.29 is 9.53 Å². The zero-order chi connectivity index (χ0) is 17.1. The van der Waals surface area contributed by atoms with Gasteiger partial charge in [0.05, 0.1) is 0 Å². The average Bonchev–Trinajstić information content (AvgIpc) is 2.59. The Hall–Kier alpha value is -2.56. The van der Waals surface area contributed by atoms with E-state index in [0.29, 0.717) is 0 Å². The summed E-state index contributed by atoms with van der Waals surface area (Å²) in [5.74, 6) is -0.570. The van der Waals surface area contributed by atoms with Crippen LogP contribution in [0.4, 0.5) is 5.69 Å². The number of nitrogens with zero attached hydrogens (tertiary/aromatic N) is 1. The van der Waals surface area contributed by atoms with Crippen LogP contribution >= 0.6 is 0 Å². The van der Waals surface area contributed by atoms with Gasteiger partial charge in [0, 0.05) is 25.5 Å². The van der Waals surface area contributed by atoms with Crippen LogP contribution in [-0.4, -0.2) is 25.0 Å². The molecule has 1 heterocycles. The van der Waals surface area contributed by atoms with Crippen LogP contribution in [0, 0.1) is 0 Å². The topological polar surface area (TPSA) is 62.4 Å². The van der Waals surface area contributed by atoms with Crippen molar-refractivity contribution in [1.82, 2.24) is 4.98 Å². The summed E-state index contributed by atoms with van der Waals surface area (Å²) in [6, 6.07) is 9.47. The van der Waals surface area contributed by atoms with Crippen LogP contribution in [0.3, 0.4) is 0 Å². The van der Waals surface area contributed by atoms with Gasteiger partial charge in [-0.25, -0.2) is 4.79 Å². The van der Waals surface area contributed by atoms with Crippen LogP contribution in [0.5, 0.6) is 0 Å². The second-order valence-electron chi connectivity index (χ2n) is 6.36. The van der Waals surface area contributed by atoms with E-state index >= 15 is 0 Å². The summed E-state index contributed by atoms with van der Waals surface area (Å²) in [7, 11) is 3.91. The first-order chi connectivity index (χ1) is 11.5. The lowest BCUT2D eigenvalue weighted by molar-refractivity contribution is 0.0470. The number of hydrogen-bond donors (Lipinski definition) is 1. The zero-order valence-corrected chi connectivity index (χ0v) is 14.1. The van der Waals surface area contributed by atoms with Gasteiger partial charge in [-0.15, -0.1) is 0 Å². The minimum absolute atomic E-state index is 0.0967. The van der Waals surface area contributed by atoms with Gasteiger partial charge in [-0.1, -0.05) is 12.1 Å². The molecule has 0 saturated heterocycles. The quantitative estimate of drug-likeness (QED) is 0.878. The molecule has 0 amide bonds. The van der Waals surface area contributed by atoms with Crippen molar-refractivity contribution in [3.8, 4) is 0 Å². The highest BCUT2D eigenvalue weighted by Gasteiger charge is 2.18. The summed E-state index contributed by atoms with van der Waals surface area (Å²) >= 11 is 0. The first-order valence-electron chi connectivity index (χ1n) is 8.23. The Balaban J connectivity index is 1.73. The summed E-state index contributed by atoms with van der Waals surface area (Å²) in [4.78, 5) is 29.2. The van der Waals surface area contributed by atoms with E-state index in [4.69, 9.17) is 4.74 Å². The summed E-state index contributed by atoms with van der Waals surface area (Å²) in [5.41, 5.74) is 3.69. The fourth-order valence-corrected chi connectivity index (χ4v) is 2.98. The molecule has 24 heavy (non-hydrogen) atoms. The maximum absolute atomic E-state index is 12.3. The number of carbonyl (C=O) groups excluding carboxylic acids is 1. The summed E-state index contributed by atoms with van der Waals surface area (Å²) in [6.45, 7) is 0.150. The van der Waals surface area contributed by atoms with E-state index in [2.05, 4.69) is 4.98 Å². The molecule has 1 aliphatic carbocycles. The Bertz CT molecular complexity index is 808. The van der Waals surface area contributed by atoms with Crippen molar-refractivity contribution in [2.75, 3.05) is 19.0 Å². The highest BCUT2D eigenvalue weighted by molar-refractivity contribution is 5.89. The number of carbonyl (C=O) groups is 1. The molecule has 0 unspecified atom stereocenters. The van der Waals surface area contributed by atoms with E-state index in [1.165, 1.54) is 0 Å². The maximum atomic E-state index is 12.3. The van der Waals surface area contributed by atoms with Crippen LogP contribution in [0.25, 0.3) is 0 Å². The molecule has 5 heteroatoms. The Labute approximate surface area is 141 Å². The fraction of sp³-hybridized carbons (Fsp3) is 0.368. The van der Waals surface area contributed by atoms with Crippen LogP contribution in [-0.2, 0) is 24.2 Å². The van der Waals surface area contributed by atoms with E-state index in [9.17, 15) is 9.59 Å². The number of aryl methyl sites for hydroxylation is 2. The lowest BCUT2D eigenvalue weighted by atomic mass is 9.95. The molecule has 3 rings (SSSR count). The number of nitrogens with one attached hydrogen (secondary N) is 1. The minimum Gasteiger partial charge on any atom is -0.457 e. The number of esters is 1. The van der Waals surface area contributed by atoms with Crippen molar-refractivity contribution >= 4 is 11.7 Å². The van der Waals surface area contributed by atoms with Crippen molar-refractivity contribution in [2.45, 2.75) is 32.3 Å². The molecule has 0 fully saturated rings. The summed E-state index contributed by atoms with van der Waals surface area (Å²) < 4.78 is 5.34. The van der Waals surface area contributed by atoms with Crippen molar-refractivity contribution in [3.63, 3.8) is 0 Å². The predicted octanol–water partition coefficient (Wildman–Crippen LogP) is 2.68. The molecule has 1 aromatic heterocycles. The number of hydrogen-bond acceptors (Lipinski definition) is 4. The SMILES string of the molecule is CN(C)c1cccc(COC(=O)c2cc3c([nH]c2=O)CCCC3)c1. The van der Waals surface area contributed by atoms with E-state index in [-0.39, 0.29) is 17.7 Å². The van der Waals surface area contributed by atoms with Gasteiger partial charge in [0.1, 0.15) is 12.2 Å². The number of aromatic amines is 1. The molecule has 1 N–H and O–H groups in total. The molecule has 1 aliphatic rings. The van der Waals surface area contributed by atoms with Gasteiger partial charge >= 0.3 is 5.97 Å². The van der Waals surface area contributed by atoms with Crippen LogP contribution in [0.1, 0.15) is 40.0 Å². The number of anilines is 1. The number of fused-ring (bicyclic) bond motifs is 1. The highest BCUT2D eigenvalue weighted by Crippen LogP contribution is 2.19. The Morgan fingerprint density at radius 3 is 2.79 bits per heavy atom. The highest BCUT2D eigenvalue weighted by atomic mass is 16.5. The first kappa shape index (κ1) is 16.3. The monoisotopic (exact) mass is 326 g/mol. The average molecular weight is 326 g/mol. The molecule has 0 saturated carbocycles. The predicted molar refractivity (Wildman–Crippen MR) is 93.6 cm³/mol. The third kappa shape index (κ3) is 3.50. The van der Waals surface area contributed by atoms with Crippen LogP contribution in [0.15, 0.2) is 35.1 Å². The van der Waals surface area contributed by atoms with E-state index in [1.54, 1.807) is 6.07 Å². The van der Waals surface area contributed by atoms with Gasteiger partial charge in [0.15, 0.2) is 0 Å². The molecule has 2 aromatic rings. The molecule has 1 aromatic carbocycles. The fourth-order valence-electron chi connectivity index (χ4n) is 2.98. The number of pyridine rings is 1. The van der Waals surface area contributed by atoms with E-state index in [1.807, 2.05) is 43.3 Å². The summed E-state index contributed by atoms with van der Waals surface area (Å²) in [6.07, 6.45) is 3.94. The molecular formula is C19H22N2O3. The molecule has 0 bridgehead atoms. The minimum atomic E-state index is -0.570. The van der Waals surface area contributed by atoms with Crippen LogP contribution < -0.4 is 10.5 Å². The van der Waals surface area contributed by atoms with Crippen molar-refractivity contribution in [3.05, 3.63) is 63.1 Å². The largest absolute Gasteiger partial charge is 0.457 e. The van der Waals surface area contributed by atoms with Gasteiger partial charge in [-0.05, 0) is 55.0 Å². The molecule has 0 radical (unpaired) electrons. The third-order valence-electron chi connectivity index (χ3n) is 4.35. The van der Waals surface area contributed by atoms with Gasteiger partial charge in [0.25, 0.3) is 5.56 Å². The van der Waals surface area contributed by atoms with Crippen molar-refractivity contribution in [2.24, 2.45) is 0 Å². The van der Waals surface area contributed by atoms with E-state index < -0.39 is 5.97 Å². The second kappa shape index (κ2) is 6.91. The smallest absolute Gasteiger partial charge is 0.344 e. The Morgan fingerprint density at radius 2 is 2.00 bits per heavy atom. The zero-order valence-electron chi connectivity index (χ0n) is 14.1. The summed E-state index contributed by atoms with van der Waals surface area (Å²) in [5, 5.41) is 0. The molecule has 126 valence electrons. The number of ether oxygens (including phenoxy) is 1. The van der Waals surface area contributed by atoms with Gasteiger partial charge in [-0.2, -0.15) is 0 Å². The van der Waals surface area contributed by atoms with Gasteiger partial charge in [0.2, 0.25) is 0 Å². The second-order valence-corrected chi connectivity index (χ2v) is 6.36. The molecule has 0 atom stereocenters. The first-order valence-corrected chi connectivity index (χ1v) is 8.23. The normalized spacial score (nSPS) is 13.2. The molecule has 0 spiro atoms.